The molecule has 0 bridgehead atoms. The first kappa shape index (κ1) is 13.3. The summed E-state index contributed by atoms with van der Waals surface area (Å²) in [6.07, 6.45) is 0.510. The number of methoxy groups -OCH3 is 1. The molecule has 1 heterocycles. The molecule has 0 saturated carbocycles. The van der Waals surface area contributed by atoms with Crippen molar-refractivity contribution in [1.29, 1.82) is 0 Å². The summed E-state index contributed by atoms with van der Waals surface area (Å²) in [6, 6.07) is 2.80. The Morgan fingerprint density at radius 2 is 2.29 bits per heavy atom. The van der Waals surface area contributed by atoms with Crippen molar-refractivity contribution < 1.29 is 19.7 Å². The Kier molecular flexibility index (Phi) is 5.31. The zero-order valence-electron chi connectivity index (χ0n) is 9.46. The minimum Gasteiger partial charge on any atom is -0.476 e. The monoisotopic (exact) mass is 241 g/mol. The third kappa shape index (κ3) is 4.33. The number of carboxylic acids is 1. The second-order valence-corrected chi connectivity index (χ2v) is 3.42. The standard InChI is InChI=1S/C10H15N3O4/c1-17-6-7(4-5-14)11-9-3-2-8(10(15)16)12-13-9/h2-3,7,14H,4-6H2,1H3,(H,11,13)(H,15,16). The lowest BCUT2D eigenvalue weighted by atomic mass is 10.2. The predicted molar refractivity (Wildman–Crippen MR) is 60.0 cm³/mol. The molecule has 0 fully saturated rings. The van der Waals surface area contributed by atoms with E-state index >= 15 is 0 Å². The van der Waals surface area contributed by atoms with E-state index in [0.29, 0.717) is 18.8 Å². The zero-order chi connectivity index (χ0) is 12.7. The molecule has 0 aliphatic heterocycles. The van der Waals surface area contributed by atoms with E-state index in [1.807, 2.05) is 0 Å². The number of nitrogens with zero attached hydrogens (tertiary/aromatic N) is 2. The van der Waals surface area contributed by atoms with Gasteiger partial charge < -0.3 is 20.3 Å². The van der Waals surface area contributed by atoms with E-state index < -0.39 is 5.97 Å². The van der Waals surface area contributed by atoms with Crippen molar-refractivity contribution in [2.24, 2.45) is 0 Å². The maximum absolute atomic E-state index is 10.6. The van der Waals surface area contributed by atoms with Gasteiger partial charge in [0.25, 0.3) is 0 Å². The van der Waals surface area contributed by atoms with Crippen LogP contribution in [0.3, 0.4) is 0 Å². The average Bonchev–Trinajstić information content (AvgIpc) is 2.30. The Labute approximate surface area is 98.4 Å². The number of rotatable bonds is 7. The highest BCUT2D eigenvalue weighted by atomic mass is 16.5. The van der Waals surface area contributed by atoms with Gasteiger partial charge in [-0.15, -0.1) is 10.2 Å². The van der Waals surface area contributed by atoms with E-state index in [9.17, 15) is 4.79 Å². The summed E-state index contributed by atoms with van der Waals surface area (Å²) in [6.45, 7) is 0.449. The van der Waals surface area contributed by atoms with Crippen LogP contribution in [0.5, 0.6) is 0 Å². The zero-order valence-corrected chi connectivity index (χ0v) is 9.46. The van der Waals surface area contributed by atoms with E-state index in [4.69, 9.17) is 14.9 Å². The smallest absolute Gasteiger partial charge is 0.356 e. The largest absolute Gasteiger partial charge is 0.476 e. The molecule has 0 aliphatic rings. The minimum absolute atomic E-state index is 0.0294. The maximum Gasteiger partial charge on any atom is 0.356 e. The number of aromatic carboxylic acids is 1. The van der Waals surface area contributed by atoms with Crippen LogP contribution >= 0.6 is 0 Å². The molecular weight excluding hydrogens is 226 g/mol. The van der Waals surface area contributed by atoms with E-state index in [-0.39, 0.29) is 18.3 Å². The van der Waals surface area contributed by atoms with E-state index in [2.05, 4.69) is 15.5 Å². The number of nitrogens with one attached hydrogen (secondary N) is 1. The van der Waals surface area contributed by atoms with Gasteiger partial charge >= 0.3 is 5.97 Å². The molecule has 0 aromatic carbocycles. The Bertz CT molecular complexity index is 349. The van der Waals surface area contributed by atoms with Gasteiger partial charge in [0.2, 0.25) is 0 Å². The minimum atomic E-state index is -1.12. The summed E-state index contributed by atoms with van der Waals surface area (Å²) in [5.74, 6) is -0.668. The second-order valence-electron chi connectivity index (χ2n) is 3.42. The van der Waals surface area contributed by atoms with Crippen LogP contribution in [0, 0.1) is 0 Å². The molecule has 1 unspecified atom stereocenters. The van der Waals surface area contributed by atoms with Crippen LogP contribution in [0.25, 0.3) is 0 Å². The third-order valence-electron chi connectivity index (χ3n) is 2.08. The Hall–Kier alpha value is -1.73. The highest BCUT2D eigenvalue weighted by molar-refractivity contribution is 5.85. The fourth-order valence-electron chi connectivity index (χ4n) is 1.29. The fraction of sp³-hybridized carbons (Fsp3) is 0.500. The Balaban J connectivity index is 2.62. The van der Waals surface area contributed by atoms with Crippen molar-refractivity contribution >= 4 is 11.8 Å². The number of ether oxygens (including phenoxy) is 1. The normalized spacial score (nSPS) is 12.1. The summed E-state index contributed by atoms with van der Waals surface area (Å²) < 4.78 is 4.97. The first-order valence-electron chi connectivity index (χ1n) is 5.10. The first-order valence-corrected chi connectivity index (χ1v) is 5.10. The molecule has 1 atom stereocenters. The van der Waals surface area contributed by atoms with Gasteiger partial charge in [0.1, 0.15) is 5.82 Å². The van der Waals surface area contributed by atoms with Crippen LogP contribution < -0.4 is 5.32 Å². The number of carbonyl (C=O) groups is 1. The molecule has 0 saturated heterocycles. The van der Waals surface area contributed by atoms with Crippen LogP contribution in [-0.4, -0.2) is 52.7 Å². The highest BCUT2D eigenvalue weighted by Crippen LogP contribution is 2.06. The third-order valence-corrected chi connectivity index (χ3v) is 2.08. The fourth-order valence-corrected chi connectivity index (χ4v) is 1.29. The Morgan fingerprint density at radius 3 is 2.76 bits per heavy atom. The molecule has 0 spiro atoms. The number of hydrogen-bond donors (Lipinski definition) is 3. The quantitative estimate of drug-likeness (QED) is 0.616. The maximum atomic E-state index is 10.6. The number of aliphatic hydroxyl groups is 1. The van der Waals surface area contributed by atoms with E-state index in [1.54, 1.807) is 7.11 Å². The number of anilines is 1. The molecule has 17 heavy (non-hydrogen) atoms. The number of hydrogen-bond acceptors (Lipinski definition) is 6. The number of aromatic nitrogens is 2. The van der Waals surface area contributed by atoms with Crippen LogP contribution in [0.2, 0.25) is 0 Å². The van der Waals surface area contributed by atoms with Gasteiger partial charge in [0, 0.05) is 13.7 Å². The molecule has 1 rings (SSSR count). The van der Waals surface area contributed by atoms with Gasteiger partial charge in [-0.3, -0.25) is 0 Å². The van der Waals surface area contributed by atoms with Crippen molar-refractivity contribution in [2.75, 3.05) is 25.6 Å². The van der Waals surface area contributed by atoms with Gasteiger partial charge in [0.05, 0.1) is 12.6 Å². The molecule has 3 N–H and O–H groups in total. The lowest BCUT2D eigenvalue weighted by molar-refractivity contribution is 0.0689. The Morgan fingerprint density at radius 1 is 1.53 bits per heavy atom. The van der Waals surface area contributed by atoms with Crippen molar-refractivity contribution in [3.05, 3.63) is 17.8 Å². The predicted octanol–water partition coefficient (Wildman–Crippen LogP) is -0.0159. The molecule has 0 radical (unpaired) electrons. The highest BCUT2D eigenvalue weighted by Gasteiger charge is 2.10. The van der Waals surface area contributed by atoms with Crippen molar-refractivity contribution in [1.82, 2.24) is 10.2 Å². The van der Waals surface area contributed by atoms with Crippen LogP contribution in [0.1, 0.15) is 16.9 Å². The summed E-state index contributed by atoms with van der Waals surface area (Å²) in [4.78, 5) is 10.6. The molecule has 7 heteroatoms. The van der Waals surface area contributed by atoms with E-state index in [0.717, 1.165) is 0 Å². The van der Waals surface area contributed by atoms with Gasteiger partial charge in [-0.05, 0) is 18.6 Å². The summed E-state index contributed by atoms with van der Waals surface area (Å²) >= 11 is 0. The van der Waals surface area contributed by atoms with Crippen molar-refractivity contribution in [3.8, 4) is 0 Å². The number of aliphatic hydroxyl groups excluding tert-OH is 1. The molecule has 94 valence electrons. The summed E-state index contributed by atoms with van der Waals surface area (Å²) in [5.41, 5.74) is -0.110. The van der Waals surface area contributed by atoms with Crippen LogP contribution in [-0.2, 0) is 4.74 Å². The lowest BCUT2D eigenvalue weighted by Crippen LogP contribution is -2.26. The number of carboxylic acid groups (broad SMARTS) is 1. The van der Waals surface area contributed by atoms with Gasteiger partial charge in [0.15, 0.2) is 5.69 Å². The summed E-state index contributed by atoms with van der Waals surface area (Å²) in [7, 11) is 1.56. The topological polar surface area (TPSA) is 105 Å². The lowest BCUT2D eigenvalue weighted by Gasteiger charge is -2.16. The SMILES string of the molecule is COCC(CCO)Nc1ccc(C(=O)O)nn1. The molecule has 0 aliphatic carbocycles. The van der Waals surface area contributed by atoms with Crippen LogP contribution in [0.15, 0.2) is 12.1 Å². The summed E-state index contributed by atoms with van der Waals surface area (Å²) in [5, 5.41) is 27.8. The molecule has 1 aromatic heterocycles. The van der Waals surface area contributed by atoms with Crippen molar-refractivity contribution in [2.45, 2.75) is 12.5 Å². The molecule has 1 aromatic rings. The average molecular weight is 241 g/mol. The van der Waals surface area contributed by atoms with Gasteiger partial charge in [-0.2, -0.15) is 0 Å². The molecule has 0 amide bonds. The van der Waals surface area contributed by atoms with Crippen molar-refractivity contribution in [3.63, 3.8) is 0 Å². The van der Waals surface area contributed by atoms with Gasteiger partial charge in [-0.25, -0.2) is 4.79 Å². The van der Waals surface area contributed by atoms with Crippen LogP contribution in [0.4, 0.5) is 5.82 Å². The molecule has 7 nitrogen and oxygen atoms in total. The molecular formula is C10H15N3O4. The second kappa shape index (κ2) is 6.77. The first-order chi connectivity index (χ1) is 8.17. The van der Waals surface area contributed by atoms with Gasteiger partial charge in [-0.1, -0.05) is 0 Å². The van der Waals surface area contributed by atoms with E-state index in [1.165, 1.54) is 12.1 Å².